The second-order valence-corrected chi connectivity index (χ2v) is 4.96. The summed E-state index contributed by atoms with van der Waals surface area (Å²) in [6, 6.07) is 14.0. The van der Waals surface area contributed by atoms with Crippen molar-refractivity contribution >= 4 is 38.4 Å². The molecule has 0 bridgehead atoms. The molecule has 0 aliphatic rings. The normalized spacial score (nSPS) is 11.0. The van der Waals surface area contributed by atoms with Crippen molar-refractivity contribution in [1.29, 1.82) is 0 Å². The summed E-state index contributed by atoms with van der Waals surface area (Å²) in [7, 11) is 0. The lowest BCUT2D eigenvalue weighted by molar-refractivity contribution is 0.901. The van der Waals surface area contributed by atoms with Gasteiger partial charge in [0.2, 0.25) is 0 Å². The highest BCUT2D eigenvalue weighted by Crippen LogP contribution is 2.28. The van der Waals surface area contributed by atoms with Crippen LogP contribution in [0.5, 0.6) is 0 Å². The fraction of sp³-hybridized carbons (Fsp3) is 0.0714. The zero-order valence-corrected chi connectivity index (χ0v) is 11.8. The van der Waals surface area contributed by atoms with Gasteiger partial charge in [-0.1, -0.05) is 57.9 Å². The number of nitrogens with zero attached hydrogens (tertiary/aromatic N) is 2. The smallest absolute Gasteiger partial charge is 0.0879 e. The molecule has 0 aliphatic heterocycles. The Morgan fingerprint density at radius 1 is 1.11 bits per heavy atom. The van der Waals surface area contributed by atoms with E-state index in [0.717, 1.165) is 27.5 Å². The van der Waals surface area contributed by atoms with Gasteiger partial charge in [0.15, 0.2) is 0 Å². The molecule has 0 unspecified atom stereocenters. The van der Waals surface area contributed by atoms with Crippen LogP contribution in [-0.2, 0) is 5.33 Å². The second-order valence-electron chi connectivity index (χ2n) is 4.00. The Bertz CT molecular complexity index is 706. The third-order valence-electron chi connectivity index (χ3n) is 2.90. The van der Waals surface area contributed by atoms with Crippen molar-refractivity contribution in [2.75, 3.05) is 0 Å². The third kappa shape index (κ3) is 1.84. The first-order chi connectivity index (χ1) is 8.81. The minimum Gasteiger partial charge on any atom is -0.231 e. The molecule has 0 saturated heterocycles. The van der Waals surface area contributed by atoms with E-state index < -0.39 is 0 Å². The third-order valence-corrected chi connectivity index (χ3v) is 3.81. The molecular weight excluding hydrogens is 312 g/mol. The molecule has 1 heterocycles. The lowest BCUT2D eigenvalue weighted by Crippen LogP contribution is -2.01. The van der Waals surface area contributed by atoms with Crippen LogP contribution in [0.3, 0.4) is 0 Å². The van der Waals surface area contributed by atoms with Gasteiger partial charge >= 0.3 is 0 Å². The van der Waals surface area contributed by atoms with E-state index in [4.69, 9.17) is 11.6 Å². The number of alkyl halides is 1. The molecule has 0 spiro atoms. The summed E-state index contributed by atoms with van der Waals surface area (Å²) in [5, 5.41) is 7.01. The molecule has 0 N–H and O–H groups in total. The number of aromatic nitrogens is 2. The summed E-state index contributed by atoms with van der Waals surface area (Å²) in [5.41, 5.74) is 3.13. The fourth-order valence-corrected chi connectivity index (χ4v) is 2.78. The lowest BCUT2D eigenvalue weighted by Gasteiger charge is -2.10. The summed E-state index contributed by atoms with van der Waals surface area (Å²) < 4.78 is 1.90. The van der Waals surface area contributed by atoms with E-state index in [1.165, 1.54) is 0 Å². The van der Waals surface area contributed by atoms with Gasteiger partial charge < -0.3 is 0 Å². The first kappa shape index (κ1) is 11.8. The van der Waals surface area contributed by atoms with Crippen LogP contribution in [0, 0.1) is 0 Å². The van der Waals surface area contributed by atoms with Crippen molar-refractivity contribution in [2.45, 2.75) is 5.33 Å². The zero-order valence-electron chi connectivity index (χ0n) is 9.48. The molecule has 0 amide bonds. The minimum atomic E-state index is 0.709. The van der Waals surface area contributed by atoms with Crippen LogP contribution in [0.4, 0.5) is 0 Å². The molecule has 0 saturated carbocycles. The molecule has 0 fully saturated rings. The van der Waals surface area contributed by atoms with Crippen LogP contribution in [0.15, 0.2) is 48.7 Å². The monoisotopic (exact) mass is 320 g/mol. The number of para-hydroxylation sites is 2. The molecule has 1 aromatic heterocycles. The molecule has 3 aromatic rings. The van der Waals surface area contributed by atoms with Gasteiger partial charge in [-0.2, -0.15) is 5.10 Å². The zero-order chi connectivity index (χ0) is 12.5. The highest BCUT2D eigenvalue weighted by Gasteiger charge is 2.11. The van der Waals surface area contributed by atoms with Crippen LogP contribution in [0.1, 0.15) is 5.56 Å². The van der Waals surface area contributed by atoms with E-state index in [1.54, 1.807) is 0 Å². The van der Waals surface area contributed by atoms with Crippen molar-refractivity contribution in [3.05, 3.63) is 59.2 Å². The molecule has 0 aliphatic carbocycles. The molecular formula is C14H10BrClN2. The number of fused-ring (bicyclic) bond motifs is 1. The predicted molar refractivity (Wildman–Crippen MR) is 78.7 cm³/mol. The first-order valence-electron chi connectivity index (χ1n) is 5.58. The maximum absolute atomic E-state index is 6.32. The van der Waals surface area contributed by atoms with Gasteiger partial charge in [-0.3, -0.25) is 0 Å². The van der Waals surface area contributed by atoms with Crippen molar-refractivity contribution in [1.82, 2.24) is 9.78 Å². The summed E-state index contributed by atoms with van der Waals surface area (Å²) >= 11 is 9.81. The molecule has 90 valence electrons. The van der Waals surface area contributed by atoms with E-state index in [1.807, 2.05) is 53.3 Å². The van der Waals surface area contributed by atoms with E-state index >= 15 is 0 Å². The molecule has 18 heavy (non-hydrogen) atoms. The topological polar surface area (TPSA) is 17.8 Å². The summed E-state index contributed by atoms with van der Waals surface area (Å²) in [4.78, 5) is 0. The number of hydrogen-bond acceptors (Lipinski definition) is 1. The molecule has 2 nitrogen and oxygen atoms in total. The van der Waals surface area contributed by atoms with Crippen molar-refractivity contribution < 1.29 is 0 Å². The average molecular weight is 322 g/mol. The second kappa shape index (κ2) is 4.75. The molecule has 4 heteroatoms. The highest BCUT2D eigenvalue weighted by atomic mass is 79.9. The van der Waals surface area contributed by atoms with Crippen LogP contribution in [0.25, 0.3) is 16.6 Å². The van der Waals surface area contributed by atoms with Crippen molar-refractivity contribution in [3.8, 4) is 5.69 Å². The Kier molecular flexibility index (Phi) is 3.10. The highest BCUT2D eigenvalue weighted by molar-refractivity contribution is 9.08. The lowest BCUT2D eigenvalue weighted by atomic mass is 10.2. The summed E-state index contributed by atoms with van der Waals surface area (Å²) in [6.45, 7) is 0. The molecule has 0 atom stereocenters. The maximum Gasteiger partial charge on any atom is 0.0879 e. The van der Waals surface area contributed by atoms with Crippen LogP contribution in [0.2, 0.25) is 5.02 Å². The quantitative estimate of drug-likeness (QED) is 0.632. The van der Waals surface area contributed by atoms with Gasteiger partial charge in [0, 0.05) is 10.7 Å². The van der Waals surface area contributed by atoms with E-state index in [-0.39, 0.29) is 0 Å². The van der Waals surface area contributed by atoms with Gasteiger partial charge in [-0.05, 0) is 17.7 Å². The van der Waals surface area contributed by atoms with Crippen molar-refractivity contribution in [2.24, 2.45) is 0 Å². The SMILES string of the molecule is Clc1cccc(CBr)c1-n1ncc2ccccc21. The Labute approximate surface area is 118 Å². The van der Waals surface area contributed by atoms with Crippen LogP contribution in [-0.4, -0.2) is 9.78 Å². The minimum absolute atomic E-state index is 0.709. The predicted octanol–water partition coefficient (Wildman–Crippen LogP) is 4.57. The average Bonchev–Trinajstić information content (AvgIpc) is 2.82. The molecule has 3 rings (SSSR count). The number of benzene rings is 2. The summed E-state index contributed by atoms with van der Waals surface area (Å²) in [6.07, 6.45) is 1.86. The Balaban J connectivity index is 2.33. The largest absolute Gasteiger partial charge is 0.231 e. The van der Waals surface area contributed by atoms with E-state index in [9.17, 15) is 0 Å². The van der Waals surface area contributed by atoms with E-state index in [2.05, 4.69) is 21.0 Å². The van der Waals surface area contributed by atoms with Gasteiger partial charge in [-0.25, -0.2) is 4.68 Å². The standard InChI is InChI=1S/C14H10BrClN2/c15-8-10-5-3-6-12(16)14(10)18-13-7-2-1-4-11(13)9-17-18/h1-7,9H,8H2. The van der Waals surface area contributed by atoms with E-state index in [0.29, 0.717) is 5.02 Å². The number of halogens is 2. The van der Waals surface area contributed by atoms with Gasteiger partial charge in [0.05, 0.1) is 22.4 Å². The fourth-order valence-electron chi connectivity index (χ4n) is 2.05. The van der Waals surface area contributed by atoms with Crippen molar-refractivity contribution in [3.63, 3.8) is 0 Å². The first-order valence-corrected chi connectivity index (χ1v) is 7.07. The molecule has 2 aromatic carbocycles. The van der Waals surface area contributed by atoms with Gasteiger partial charge in [0.1, 0.15) is 0 Å². The van der Waals surface area contributed by atoms with Gasteiger partial charge in [-0.15, -0.1) is 0 Å². The van der Waals surface area contributed by atoms with Gasteiger partial charge in [0.25, 0.3) is 0 Å². The Morgan fingerprint density at radius 2 is 1.94 bits per heavy atom. The summed E-state index contributed by atoms with van der Waals surface area (Å²) in [5.74, 6) is 0. The number of hydrogen-bond donors (Lipinski definition) is 0. The van der Waals surface area contributed by atoms with Crippen LogP contribution >= 0.6 is 27.5 Å². The molecule has 0 radical (unpaired) electrons. The Hall–Kier alpha value is -1.32. The van der Waals surface area contributed by atoms with Crippen LogP contribution < -0.4 is 0 Å². The number of rotatable bonds is 2. The maximum atomic E-state index is 6.32. The Morgan fingerprint density at radius 3 is 2.78 bits per heavy atom.